The molecule has 0 spiro atoms. The molecular weight excluding hydrogens is 352 g/mol. The number of hydrogen-bond donors (Lipinski definition) is 1. The highest BCUT2D eigenvalue weighted by molar-refractivity contribution is 9.10. The molecule has 0 aliphatic heterocycles. The molecule has 6 nitrogen and oxygen atoms in total. The number of benzene rings is 2. The topological polar surface area (TPSA) is 81.5 Å². The van der Waals surface area contributed by atoms with Crippen LogP contribution in [0, 0.1) is 10.1 Å². The molecule has 0 unspecified atom stereocenters. The predicted octanol–water partition coefficient (Wildman–Crippen LogP) is 3.76. The highest BCUT2D eigenvalue weighted by Gasteiger charge is 2.21. The first-order valence-electron chi connectivity index (χ1n) is 6.44. The number of anilines is 1. The third kappa shape index (κ3) is 3.82. The van der Waals surface area contributed by atoms with Crippen molar-refractivity contribution in [1.29, 1.82) is 0 Å². The van der Waals surface area contributed by atoms with Crippen molar-refractivity contribution in [3.63, 3.8) is 0 Å². The number of nitro groups is 1. The Labute approximate surface area is 135 Å². The number of nitrogens with one attached hydrogen (secondary N) is 1. The van der Waals surface area contributed by atoms with Crippen LogP contribution >= 0.6 is 15.9 Å². The van der Waals surface area contributed by atoms with Crippen molar-refractivity contribution in [3.8, 4) is 5.75 Å². The quantitative estimate of drug-likeness (QED) is 0.646. The summed E-state index contributed by atoms with van der Waals surface area (Å²) >= 11 is 3.33. The number of rotatable bonds is 5. The molecule has 1 amide bonds. The van der Waals surface area contributed by atoms with Crippen molar-refractivity contribution in [2.24, 2.45) is 0 Å². The Morgan fingerprint density at radius 2 is 1.86 bits per heavy atom. The standard InChI is InChI=1S/C15H13BrN2O4/c1-10(15(19)17-12-7-3-2-6-11(12)16)22-14-9-5-4-8-13(14)18(20)21/h2-10H,1H3,(H,17,19)/t10-/m0/s1. The molecule has 114 valence electrons. The number of carbonyl (C=O) groups excluding carboxylic acids is 1. The SMILES string of the molecule is C[C@H](Oc1ccccc1[N+](=O)[O-])C(=O)Nc1ccccc1Br. The van der Waals surface area contributed by atoms with Gasteiger partial charge < -0.3 is 10.1 Å². The zero-order valence-electron chi connectivity index (χ0n) is 11.7. The summed E-state index contributed by atoms with van der Waals surface area (Å²) in [6, 6.07) is 13.1. The molecule has 0 radical (unpaired) electrons. The van der Waals surface area contributed by atoms with Crippen LogP contribution in [0.4, 0.5) is 11.4 Å². The van der Waals surface area contributed by atoms with Gasteiger partial charge in [0.2, 0.25) is 0 Å². The third-order valence-corrected chi connectivity index (χ3v) is 3.56. The molecule has 0 aromatic heterocycles. The van der Waals surface area contributed by atoms with E-state index in [1.165, 1.54) is 25.1 Å². The van der Waals surface area contributed by atoms with E-state index in [1.807, 2.05) is 6.07 Å². The lowest BCUT2D eigenvalue weighted by Crippen LogP contribution is -2.30. The minimum Gasteiger partial charge on any atom is -0.474 e. The van der Waals surface area contributed by atoms with Crippen molar-refractivity contribution >= 4 is 33.2 Å². The molecule has 2 rings (SSSR count). The van der Waals surface area contributed by atoms with Gasteiger partial charge in [0.25, 0.3) is 5.91 Å². The number of nitrogens with zero attached hydrogens (tertiary/aromatic N) is 1. The summed E-state index contributed by atoms with van der Waals surface area (Å²) in [5.74, 6) is -0.340. The van der Waals surface area contributed by atoms with Crippen molar-refractivity contribution in [2.75, 3.05) is 5.32 Å². The zero-order chi connectivity index (χ0) is 16.1. The number of amides is 1. The molecule has 0 bridgehead atoms. The smallest absolute Gasteiger partial charge is 0.310 e. The second-order valence-electron chi connectivity index (χ2n) is 4.45. The molecule has 22 heavy (non-hydrogen) atoms. The number of nitro benzene ring substituents is 1. The number of hydrogen-bond acceptors (Lipinski definition) is 4. The van der Waals surface area contributed by atoms with Gasteiger partial charge in [-0.1, -0.05) is 24.3 Å². The fraction of sp³-hybridized carbons (Fsp3) is 0.133. The molecule has 7 heteroatoms. The van der Waals surface area contributed by atoms with Crippen LogP contribution in [0.1, 0.15) is 6.92 Å². The lowest BCUT2D eigenvalue weighted by molar-refractivity contribution is -0.386. The Bertz CT molecular complexity index is 705. The zero-order valence-corrected chi connectivity index (χ0v) is 13.2. The first-order chi connectivity index (χ1) is 10.5. The van der Waals surface area contributed by atoms with E-state index >= 15 is 0 Å². The molecule has 0 saturated heterocycles. The monoisotopic (exact) mass is 364 g/mol. The summed E-state index contributed by atoms with van der Waals surface area (Å²) in [5.41, 5.74) is 0.425. The number of ether oxygens (including phenoxy) is 1. The van der Waals surface area contributed by atoms with E-state index in [1.54, 1.807) is 24.3 Å². The maximum atomic E-state index is 12.1. The van der Waals surface area contributed by atoms with E-state index in [4.69, 9.17) is 4.74 Å². The van der Waals surface area contributed by atoms with Crippen LogP contribution in [0.15, 0.2) is 53.0 Å². The first-order valence-corrected chi connectivity index (χ1v) is 7.24. The van der Waals surface area contributed by atoms with Crippen molar-refractivity contribution in [3.05, 3.63) is 63.1 Å². The number of para-hydroxylation sites is 3. The van der Waals surface area contributed by atoms with Crippen molar-refractivity contribution < 1.29 is 14.5 Å². The average molecular weight is 365 g/mol. The lowest BCUT2D eigenvalue weighted by atomic mass is 10.2. The molecule has 2 aromatic carbocycles. The molecular formula is C15H13BrN2O4. The fourth-order valence-corrected chi connectivity index (χ4v) is 2.13. The summed E-state index contributed by atoms with van der Waals surface area (Å²) in [5, 5.41) is 13.6. The minimum atomic E-state index is -0.881. The average Bonchev–Trinajstić information content (AvgIpc) is 2.49. The van der Waals surface area contributed by atoms with Crippen LogP contribution in [-0.2, 0) is 4.79 Å². The van der Waals surface area contributed by atoms with Crippen molar-refractivity contribution in [1.82, 2.24) is 0 Å². The van der Waals surface area contributed by atoms with Gasteiger partial charge in [-0.3, -0.25) is 14.9 Å². The van der Waals surface area contributed by atoms with E-state index in [2.05, 4.69) is 21.2 Å². The highest BCUT2D eigenvalue weighted by atomic mass is 79.9. The highest BCUT2D eigenvalue weighted by Crippen LogP contribution is 2.27. The van der Waals surface area contributed by atoms with Crippen LogP contribution in [-0.4, -0.2) is 16.9 Å². The second kappa shape index (κ2) is 7.04. The van der Waals surface area contributed by atoms with Gasteiger partial charge in [-0.2, -0.15) is 0 Å². The van der Waals surface area contributed by atoms with Crippen LogP contribution < -0.4 is 10.1 Å². The van der Waals surface area contributed by atoms with Gasteiger partial charge in [0.15, 0.2) is 11.9 Å². The normalized spacial score (nSPS) is 11.5. The van der Waals surface area contributed by atoms with Gasteiger partial charge in [-0.15, -0.1) is 0 Å². The van der Waals surface area contributed by atoms with Crippen LogP contribution in [0.25, 0.3) is 0 Å². The maximum Gasteiger partial charge on any atom is 0.310 e. The molecule has 0 aliphatic carbocycles. The van der Waals surface area contributed by atoms with Gasteiger partial charge >= 0.3 is 5.69 Å². The fourth-order valence-electron chi connectivity index (χ4n) is 1.75. The van der Waals surface area contributed by atoms with Gasteiger partial charge in [0, 0.05) is 10.5 Å². The number of carbonyl (C=O) groups is 1. The molecule has 0 heterocycles. The van der Waals surface area contributed by atoms with Gasteiger partial charge in [0.1, 0.15) is 0 Å². The van der Waals surface area contributed by atoms with Gasteiger partial charge in [0.05, 0.1) is 10.6 Å². The molecule has 0 saturated carbocycles. The van der Waals surface area contributed by atoms with E-state index in [9.17, 15) is 14.9 Å². The minimum absolute atomic E-state index is 0.0577. The number of halogens is 1. The Balaban J connectivity index is 2.09. The summed E-state index contributed by atoms with van der Waals surface area (Å²) < 4.78 is 6.15. The molecule has 2 aromatic rings. The van der Waals surface area contributed by atoms with Crippen LogP contribution in [0.3, 0.4) is 0 Å². The molecule has 0 fully saturated rings. The van der Waals surface area contributed by atoms with Crippen LogP contribution in [0.5, 0.6) is 5.75 Å². The second-order valence-corrected chi connectivity index (χ2v) is 5.31. The molecule has 1 atom stereocenters. The molecule has 0 aliphatic rings. The predicted molar refractivity (Wildman–Crippen MR) is 86.0 cm³/mol. The summed E-state index contributed by atoms with van der Waals surface area (Å²) in [7, 11) is 0. The Hall–Kier alpha value is -2.41. The van der Waals surface area contributed by atoms with Crippen molar-refractivity contribution in [2.45, 2.75) is 13.0 Å². The largest absolute Gasteiger partial charge is 0.474 e. The van der Waals surface area contributed by atoms with E-state index in [-0.39, 0.29) is 11.4 Å². The first kappa shape index (κ1) is 16.0. The summed E-state index contributed by atoms with van der Waals surface area (Å²) in [4.78, 5) is 22.5. The Morgan fingerprint density at radius 3 is 2.55 bits per heavy atom. The van der Waals surface area contributed by atoms with E-state index in [0.717, 1.165) is 4.47 Å². The van der Waals surface area contributed by atoms with E-state index < -0.39 is 16.9 Å². The summed E-state index contributed by atoms with van der Waals surface area (Å²) in [6.45, 7) is 1.53. The molecule has 1 N–H and O–H groups in total. The van der Waals surface area contributed by atoms with Crippen LogP contribution in [0.2, 0.25) is 0 Å². The lowest BCUT2D eigenvalue weighted by Gasteiger charge is -2.15. The maximum absolute atomic E-state index is 12.1. The van der Waals surface area contributed by atoms with Gasteiger partial charge in [-0.05, 0) is 41.1 Å². The third-order valence-electron chi connectivity index (χ3n) is 2.87. The van der Waals surface area contributed by atoms with Gasteiger partial charge in [-0.25, -0.2) is 0 Å². The van der Waals surface area contributed by atoms with E-state index in [0.29, 0.717) is 5.69 Å². The summed E-state index contributed by atoms with van der Waals surface area (Å²) in [6.07, 6.45) is -0.881. The Kier molecular flexibility index (Phi) is 5.11. The Morgan fingerprint density at radius 1 is 1.23 bits per heavy atom.